The normalized spacial score (nSPS) is 24.1. The Labute approximate surface area is 92.9 Å². The van der Waals surface area contributed by atoms with Crippen molar-refractivity contribution in [2.24, 2.45) is 0 Å². The van der Waals surface area contributed by atoms with Gasteiger partial charge in [-0.1, -0.05) is 0 Å². The van der Waals surface area contributed by atoms with Crippen molar-refractivity contribution in [2.75, 3.05) is 6.61 Å². The molecule has 1 N–H and O–H groups in total. The number of hydrogen-bond acceptors (Lipinski definition) is 2. The number of benzene rings is 1. The number of aromatic carboxylic acids is 1. The van der Waals surface area contributed by atoms with Gasteiger partial charge in [0.05, 0.1) is 12.2 Å². The molecule has 0 spiro atoms. The van der Waals surface area contributed by atoms with Crippen molar-refractivity contribution in [1.82, 2.24) is 0 Å². The van der Waals surface area contributed by atoms with E-state index in [-0.39, 0.29) is 5.56 Å². The van der Waals surface area contributed by atoms with Gasteiger partial charge in [-0.05, 0) is 38.0 Å². The molecule has 1 aliphatic rings. The largest absolute Gasteiger partial charge is 0.493 e. The molecule has 1 unspecified atom stereocenters. The molecule has 0 aromatic heterocycles. The summed E-state index contributed by atoms with van der Waals surface area (Å²) in [7, 11) is 0. The summed E-state index contributed by atoms with van der Waals surface area (Å²) in [6.07, 6.45) is 0.979. The van der Waals surface area contributed by atoms with Crippen LogP contribution in [0.15, 0.2) is 18.2 Å². The predicted molar refractivity (Wildman–Crippen MR) is 56.6 cm³/mol. The summed E-state index contributed by atoms with van der Waals surface area (Å²) in [4.78, 5) is 10.8. The molecule has 0 radical (unpaired) electrons. The van der Waals surface area contributed by atoms with E-state index in [2.05, 4.69) is 0 Å². The molecule has 1 aliphatic heterocycles. The van der Waals surface area contributed by atoms with Crippen molar-refractivity contribution < 1.29 is 19.0 Å². The number of alkyl halides is 1. The molecular formula is C12H13FO3. The Kier molecular flexibility index (Phi) is 2.58. The van der Waals surface area contributed by atoms with Crippen LogP contribution in [-0.2, 0) is 5.67 Å². The standard InChI is InChI=1S/C12H13FO3/c1-12(13)5-2-6-16-10-4-3-8(11(14)15)7-9(10)12/h3-4,7H,2,5-6H2,1H3,(H,14,15). The van der Waals surface area contributed by atoms with Gasteiger partial charge in [-0.3, -0.25) is 0 Å². The van der Waals surface area contributed by atoms with E-state index < -0.39 is 11.6 Å². The monoisotopic (exact) mass is 224 g/mol. The van der Waals surface area contributed by atoms with Gasteiger partial charge in [0, 0.05) is 5.56 Å². The number of halogens is 1. The smallest absolute Gasteiger partial charge is 0.335 e. The molecule has 0 amide bonds. The molecule has 1 aromatic carbocycles. The van der Waals surface area contributed by atoms with E-state index in [9.17, 15) is 9.18 Å². The second-order valence-electron chi connectivity index (χ2n) is 4.17. The lowest BCUT2D eigenvalue weighted by atomic mass is 9.92. The number of ether oxygens (including phenoxy) is 1. The Balaban J connectivity index is 2.53. The molecular weight excluding hydrogens is 211 g/mol. The summed E-state index contributed by atoms with van der Waals surface area (Å²) < 4.78 is 19.7. The number of fused-ring (bicyclic) bond motifs is 1. The molecule has 0 saturated heterocycles. The van der Waals surface area contributed by atoms with Gasteiger partial charge in [0.1, 0.15) is 11.4 Å². The fourth-order valence-corrected chi connectivity index (χ4v) is 1.92. The summed E-state index contributed by atoms with van der Waals surface area (Å²) >= 11 is 0. The number of carboxylic acids is 1. The van der Waals surface area contributed by atoms with E-state index in [0.717, 1.165) is 0 Å². The minimum atomic E-state index is -1.52. The highest BCUT2D eigenvalue weighted by molar-refractivity contribution is 5.88. The zero-order valence-corrected chi connectivity index (χ0v) is 9.00. The van der Waals surface area contributed by atoms with Crippen LogP contribution in [0.2, 0.25) is 0 Å². The van der Waals surface area contributed by atoms with Gasteiger partial charge < -0.3 is 9.84 Å². The third kappa shape index (κ3) is 1.87. The lowest BCUT2D eigenvalue weighted by Gasteiger charge is -2.19. The van der Waals surface area contributed by atoms with E-state index in [4.69, 9.17) is 9.84 Å². The molecule has 4 heteroatoms. The number of hydrogen-bond donors (Lipinski definition) is 1. The molecule has 3 nitrogen and oxygen atoms in total. The minimum Gasteiger partial charge on any atom is -0.493 e. The average Bonchev–Trinajstić information content (AvgIpc) is 2.37. The van der Waals surface area contributed by atoms with Crippen molar-refractivity contribution in [1.29, 1.82) is 0 Å². The van der Waals surface area contributed by atoms with Gasteiger partial charge in [-0.15, -0.1) is 0 Å². The number of carboxylic acid groups (broad SMARTS) is 1. The molecule has 1 atom stereocenters. The first-order chi connectivity index (χ1) is 7.50. The maximum Gasteiger partial charge on any atom is 0.335 e. The van der Waals surface area contributed by atoms with Crippen LogP contribution < -0.4 is 4.74 Å². The SMILES string of the molecule is CC1(F)CCCOc2ccc(C(=O)O)cc21. The molecule has 0 aliphatic carbocycles. The highest BCUT2D eigenvalue weighted by atomic mass is 19.1. The van der Waals surface area contributed by atoms with Gasteiger partial charge in [0.15, 0.2) is 0 Å². The topological polar surface area (TPSA) is 46.5 Å². The van der Waals surface area contributed by atoms with Gasteiger partial charge in [-0.25, -0.2) is 9.18 Å². The van der Waals surface area contributed by atoms with Crippen LogP contribution in [0.1, 0.15) is 35.7 Å². The quantitative estimate of drug-likeness (QED) is 0.797. The zero-order valence-electron chi connectivity index (χ0n) is 9.00. The third-order valence-corrected chi connectivity index (χ3v) is 2.84. The maximum atomic E-state index is 14.3. The minimum absolute atomic E-state index is 0.0909. The first-order valence-electron chi connectivity index (χ1n) is 5.20. The Morgan fingerprint density at radius 1 is 1.56 bits per heavy atom. The van der Waals surface area contributed by atoms with Crippen LogP contribution in [0.5, 0.6) is 5.75 Å². The zero-order chi connectivity index (χ0) is 11.8. The fourth-order valence-electron chi connectivity index (χ4n) is 1.92. The first-order valence-corrected chi connectivity index (χ1v) is 5.20. The summed E-state index contributed by atoms with van der Waals surface area (Å²) in [6, 6.07) is 4.33. The summed E-state index contributed by atoms with van der Waals surface area (Å²) in [5.41, 5.74) is -1.09. The molecule has 1 heterocycles. The maximum absolute atomic E-state index is 14.3. The van der Waals surface area contributed by atoms with E-state index in [1.807, 2.05) is 0 Å². The Bertz CT molecular complexity index is 426. The second kappa shape index (κ2) is 3.77. The highest BCUT2D eigenvalue weighted by Crippen LogP contribution is 2.39. The number of carbonyl (C=O) groups is 1. The Hall–Kier alpha value is -1.58. The van der Waals surface area contributed by atoms with Crippen molar-refractivity contribution in [3.8, 4) is 5.75 Å². The molecule has 2 rings (SSSR count). The molecule has 0 fully saturated rings. The lowest BCUT2D eigenvalue weighted by molar-refractivity contribution is 0.0696. The van der Waals surface area contributed by atoms with Gasteiger partial charge in [0.25, 0.3) is 0 Å². The second-order valence-corrected chi connectivity index (χ2v) is 4.17. The molecule has 86 valence electrons. The van der Waals surface area contributed by atoms with Crippen LogP contribution >= 0.6 is 0 Å². The van der Waals surface area contributed by atoms with Crippen LogP contribution in [0.25, 0.3) is 0 Å². The van der Waals surface area contributed by atoms with Gasteiger partial charge in [0.2, 0.25) is 0 Å². The summed E-state index contributed by atoms with van der Waals surface area (Å²) in [5, 5.41) is 8.86. The Morgan fingerprint density at radius 2 is 2.31 bits per heavy atom. The van der Waals surface area contributed by atoms with Crippen LogP contribution in [0, 0.1) is 0 Å². The van der Waals surface area contributed by atoms with Crippen molar-refractivity contribution in [3.05, 3.63) is 29.3 Å². The summed E-state index contributed by atoms with van der Waals surface area (Å²) in [6.45, 7) is 1.94. The van der Waals surface area contributed by atoms with Crippen LogP contribution in [0.3, 0.4) is 0 Å². The molecule has 0 bridgehead atoms. The number of rotatable bonds is 1. The highest BCUT2D eigenvalue weighted by Gasteiger charge is 2.32. The Morgan fingerprint density at radius 3 is 3.00 bits per heavy atom. The fraction of sp³-hybridized carbons (Fsp3) is 0.417. The van der Waals surface area contributed by atoms with Crippen LogP contribution in [-0.4, -0.2) is 17.7 Å². The summed E-state index contributed by atoms with van der Waals surface area (Å²) in [5.74, 6) is -0.602. The van der Waals surface area contributed by atoms with Crippen molar-refractivity contribution >= 4 is 5.97 Å². The lowest BCUT2D eigenvalue weighted by Crippen LogP contribution is -2.15. The van der Waals surface area contributed by atoms with Crippen molar-refractivity contribution in [3.63, 3.8) is 0 Å². The van der Waals surface area contributed by atoms with Gasteiger partial charge >= 0.3 is 5.97 Å². The average molecular weight is 224 g/mol. The first kappa shape index (κ1) is 10.9. The predicted octanol–water partition coefficient (Wildman–Crippen LogP) is 2.74. The van der Waals surface area contributed by atoms with E-state index in [1.165, 1.54) is 25.1 Å². The molecule has 0 saturated carbocycles. The van der Waals surface area contributed by atoms with Crippen molar-refractivity contribution in [2.45, 2.75) is 25.4 Å². The van der Waals surface area contributed by atoms with E-state index in [1.54, 1.807) is 0 Å². The third-order valence-electron chi connectivity index (χ3n) is 2.84. The molecule has 1 aromatic rings. The van der Waals surface area contributed by atoms with Crippen LogP contribution in [0.4, 0.5) is 4.39 Å². The van der Waals surface area contributed by atoms with Gasteiger partial charge in [-0.2, -0.15) is 0 Å². The van der Waals surface area contributed by atoms with E-state index >= 15 is 0 Å². The molecule has 16 heavy (non-hydrogen) atoms. The van der Waals surface area contributed by atoms with E-state index in [0.29, 0.717) is 30.8 Å².